The Morgan fingerprint density at radius 3 is 2.13 bits per heavy atom. The van der Waals surface area contributed by atoms with Crippen LogP contribution in [-0.2, 0) is 14.3 Å². The third kappa shape index (κ3) is 8.07. The molecule has 7 heteroatoms. The van der Waals surface area contributed by atoms with E-state index in [0.717, 1.165) is 22.3 Å². The van der Waals surface area contributed by atoms with Crippen LogP contribution < -0.4 is 10.6 Å². The average molecular weight is 524 g/mol. The molecule has 2 rings (SSSR count). The van der Waals surface area contributed by atoms with Gasteiger partial charge in [0.05, 0.1) is 0 Å². The molecular weight excluding hydrogens is 478 g/mol. The number of hydrogen-bond donors (Lipinski definition) is 2. The zero-order valence-corrected chi connectivity index (χ0v) is 24.6. The van der Waals surface area contributed by atoms with Gasteiger partial charge in [0.1, 0.15) is 17.7 Å². The highest BCUT2D eigenvalue weighted by atomic mass is 16.6. The fraction of sp³-hybridized carbons (Fsp3) is 0.516. The van der Waals surface area contributed by atoms with Gasteiger partial charge in [0.25, 0.3) is 5.91 Å². The van der Waals surface area contributed by atoms with Crippen LogP contribution in [0.2, 0.25) is 0 Å². The summed E-state index contributed by atoms with van der Waals surface area (Å²) in [4.78, 5) is 42.7. The molecule has 0 saturated heterocycles. The normalized spacial score (nSPS) is 13.9. The second-order valence-electron chi connectivity index (χ2n) is 11.4. The maximum atomic E-state index is 14.3. The van der Waals surface area contributed by atoms with E-state index in [2.05, 4.69) is 10.6 Å². The Morgan fingerprint density at radius 1 is 0.947 bits per heavy atom. The fourth-order valence-electron chi connectivity index (χ4n) is 4.29. The van der Waals surface area contributed by atoms with E-state index in [9.17, 15) is 14.4 Å². The number of carbonyl (C=O) groups excluding carboxylic acids is 3. The summed E-state index contributed by atoms with van der Waals surface area (Å²) in [5.74, 6) is -0.868. The molecule has 0 bridgehead atoms. The summed E-state index contributed by atoms with van der Waals surface area (Å²) < 4.78 is 5.45. The van der Waals surface area contributed by atoms with Crippen molar-refractivity contribution in [1.82, 2.24) is 10.2 Å². The van der Waals surface area contributed by atoms with Crippen molar-refractivity contribution >= 4 is 23.6 Å². The van der Waals surface area contributed by atoms with Crippen molar-refractivity contribution in [1.29, 1.82) is 0 Å². The standard InChI is InChI=1S/C31H45N3O4/c1-11-23(7)34(29(36)26(19(2)3)33-30(37)38-31(8,9)10)27(24-18-20(4)16-17-21(24)5)28(35)32-25-15-13-12-14-22(25)6/h12-19,23,26-27H,11H2,1-10H3,(H,32,35)(H,33,37). The molecule has 2 aromatic rings. The van der Waals surface area contributed by atoms with E-state index in [1.54, 1.807) is 25.7 Å². The van der Waals surface area contributed by atoms with Crippen molar-refractivity contribution < 1.29 is 19.1 Å². The highest BCUT2D eigenvalue weighted by Crippen LogP contribution is 2.31. The third-order valence-corrected chi connectivity index (χ3v) is 6.58. The second-order valence-corrected chi connectivity index (χ2v) is 11.4. The van der Waals surface area contributed by atoms with Gasteiger partial charge in [-0.3, -0.25) is 9.59 Å². The van der Waals surface area contributed by atoms with Crippen molar-refractivity contribution in [3.63, 3.8) is 0 Å². The fourth-order valence-corrected chi connectivity index (χ4v) is 4.29. The summed E-state index contributed by atoms with van der Waals surface area (Å²) in [5.41, 5.74) is 3.56. The molecule has 3 atom stereocenters. The minimum Gasteiger partial charge on any atom is -0.444 e. The number of nitrogens with one attached hydrogen (secondary N) is 2. The van der Waals surface area contributed by atoms with Gasteiger partial charge in [0.2, 0.25) is 5.91 Å². The molecule has 0 saturated carbocycles. The summed E-state index contributed by atoms with van der Waals surface area (Å²) in [7, 11) is 0. The van der Waals surface area contributed by atoms with Crippen LogP contribution in [0.25, 0.3) is 0 Å². The van der Waals surface area contributed by atoms with Crippen LogP contribution >= 0.6 is 0 Å². The van der Waals surface area contributed by atoms with Crippen LogP contribution in [0, 0.1) is 26.7 Å². The van der Waals surface area contributed by atoms with E-state index in [-0.39, 0.29) is 23.8 Å². The van der Waals surface area contributed by atoms with Crippen LogP contribution in [0.5, 0.6) is 0 Å². The Labute approximate surface area is 228 Å². The summed E-state index contributed by atoms with van der Waals surface area (Å²) >= 11 is 0. The number of rotatable bonds is 9. The minimum atomic E-state index is -0.904. The van der Waals surface area contributed by atoms with Gasteiger partial charge in [-0.25, -0.2) is 4.79 Å². The average Bonchev–Trinajstić information content (AvgIpc) is 2.82. The first-order valence-electron chi connectivity index (χ1n) is 13.4. The largest absolute Gasteiger partial charge is 0.444 e. The number of nitrogens with zero attached hydrogens (tertiary/aromatic N) is 1. The molecule has 3 amide bonds. The molecule has 38 heavy (non-hydrogen) atoms. The van der Waals surface area contributed by atoms with Gasteiger partial charge in [-0.2, -0.15) is 0 Å². The number of aryl methyl sites for hydroxylation is 3. The number of anilines is 1. The molecule has 2 aromatic carbocycles. The molecule has 0 heterocycles. The molecule has 0 radical (unpaired) electrons. The third-order valence-electron chi connectivity index (χ3n) is 6.58. The molecule has 0 aromatic heterocycles. The van der Waals surface area contributed by atoms with Crippen LogP contribution in [-0.4, -0.2) is 40.5 Å². The molecule has 0 aliphatic heterocycles. The van der Waals surface area contributed by atoms with Crippen molar-refractivity contribution in [3.05, 3.63) is 64.7 Å². The highest BCUT2D eigenvalue weighted by molar-refractivity contribution is 5.99. The second kappa shape index (κ2) is 12.9. The quantitative estimate of drug-likeness (QED) is 0.394. The zero-order chi connectivity index (χ0) is 28.8. The van der Waals surface area contributed by atoms with Gasteiger partial charge in [0.15, 0.2) is 0 Å². The molecule has 2 N–H and O–H groups in total. The first-order valence-corrected chi connectivity index (χ1v) is 13.4. The lowest BCUT2D eigenvalue weighted by Gasteiger charge is -2.39. The summed E-state index contributed by atoms with van der Waals surface area (Å²) in [6.45, 7) is 18.8. The van der Waals surface area contributed by atoms with Crippen LogP contribution in [0.15, 0.2) is 42.5 Å². The topological polar surface area (TPSA) is 87.7 Å². The summed E-state index contributed by atoms with van der Waals surface area (Å²) in [6.07, 6.45) is -0.0385. The number of amides is 3. The van der Waals surface area contributed by atoms with Crippen molar-refractivity contribution in [2.45, 2.75) is 99.4 Å². The van der Waals surface area contributed by atoms with E-state index >= 15 is 0 Å². The maximum Gasteiger partial charge on any atom is 0.408 e. The monoisotopic (exact) mass is 523 g/mol. The van der Waals surface area contributed by atoms with Crippen LogP contribution in [0.1, 0.15) is 83.2 Å². The number of alkyl carbamates (subject to hydrolysis) is 1. The number of para-hydroxylation sites is 1. The lowest BCUT2D eigenvalue weighted by molar-refractivity contribution is -0.144. The van der Waals surface area contributed by atoms with Gasteiger partial charge >= 0.3 is 6.09 Å². The van der Waals surface area contributed by atoms with E-state index in [1.807, 2.05) is 90.9 Å². The van der Waals surface area contributed by atoms with Crippen molar-refractivity contribution in [2.24, 2.45) is 5.92 Å². The van der Waals surface area contributed by atoms with Crippen molar-refractivity contribution in [3.8, 4) is 0 Å². The van der Waals surface area contributed by atoms with Gasteiger partial charge in [-0.1, -0.05) is 62.7 Å². The van der Waals surface area contributed by atoms with Crippen molar-refractivity contribution in [2.75, 3.05) is 5.32 Å². The SMILES string of the molecule is CCC(C)N(C(=O)C(NC(=O)OC(C)(C)C)C(C)C)C(C(=O)Nc1ccccc1C)c1cc(C)ccc1C. The molecule has 0 aliphatic carbocycles. The zero-order valence-electron chi connectivity index (χ0n) is 24.6. The number of benzene rings is 2. The van der Waals surface area contributed by atoms with E-state index in [4.69, 9.17) is 4.74 Å². The Bertz CT molecular complexity index is 1140. The Morgan fingerprint density at radius 2 is 1.58 bits per heavy atom. The molecule has 0 aliphatic rings. The molecule has 0 spiro atoms. The smallest absolute Gasteiger partial charge is 0.408 e. The maximum absolute atomic E-state index is 14.3. The number of carbonyl (C=O) groups is 3. The molecule has 208 valence electrons. The summed E-state index contributed by atoms with van der Waals surface area (Å²) in [6, 6.07) is 11.4. The Kier molecular flexibility index (Phi) is 10.5. The van der Waals surface area contributed by atoms with Crippen LogP contribution in [0.3, 0.4) is 0 Å². The van der Waals surface area contributed by atoms with Gasteiger partial charge in [-0.15, -0.1) is 0 Å². The first kappa shape index (κ1) is 30.9. The molecule has 7 nitrogen and oxygen atoms in total. The minimum absolute atomic E-state index is 0.236. The first-order chi connectivity index (χ1) is 17.7. The van der Waals surface area contributed by atoms with E-state index < -0.39 is 23.8 Å². The van der Waals surface area contributed by atoms with Gasteiger partial charge < -0.3 is 20.3 Å². The predicted molar refractivity (Wildman–Crippen MR) is 153 cm³/mol. The van der Waals surface area contributed by atoms with E-state index in [1.165, 1.54) is 0 Å². The molecule has 3 unspecified atom stereocenters. The highest BCUT2D eigenvalue weighted by Gasteiger charge is 2.40. The number of ether oxygens (including phenoxy) is 1. The lowest BCUT2D eigenvalue weighted by Crippen LogP contribution is -2.56. The Hall–Kier alpha value is -3.35. The van der Waals surface area contributed by atoms with Gasteiger partial charge in [0, 0.05) is 11.7 Å². The van der Waals surface area contributed by atoms with E-state index in [0.29, 0.717) is 12.1 Å². The lowest BCUT2D eigenvalue weighted by atomic mass is 9.93. The summed E-state index contributed by atoms with van der Waals surface area (Å²) in [5, 5.41) is 5.84. The van der Waals surface area contributed by atoms with Crippen LogP contribution in [0.4, 0.5) is 10.5 Å². The Balaban J connectivity index is 2.63. The predicted octanol–water partition coefficient (Wildman–Crippen LogP) is 6.47. The van der Waals surface area contributed by atoms with Gasteiger partial charge in [-0.05, 0) is 83.6 Å². The molecular formula is C31H45N3O4. The number of hydrogen-bond acceptors (Lipinski definition) is 4. The molecule has 0 fully saturated rings.